The molecule has 2 nitrogen and oxygen atoms in total. The third-order valence-corrected chi connectivity index (χ3v) is 2.68. The van der Waals surface area contributed by atoms with Crippen molar-refractivity contribution < 1.29 is 9.84 Å². The van der Waals surface area contributed by atoms with E-state index in [1.54, 1.807) is 0 Å². The number of benzene rings is 1. The van der Waals surface area contributed by atoms with Crippen LogP contribution in [-0.2, 0) is 11.2 Å². The molecule has 0 spiro atoms. The fraction of sp³-hybridized carbons (Fsp3) is 0.538. The third kappa shape index (κ3) is 4.97. The van der Waals surface area contributed by atoms with Crippen molar-refractivity contribution in [1.82, 2.24) is 0 Å². The summed E-state index contributed by atoms with van der Waals surface area (Å²) in [4.78, 5) is 0. The Morgan fingerprint density at radius 1 is 1.31 bits per heavy atom. The topological polar surface area (TPSA) is 29.5 Å². The molecule has 0 heterocycles. The lowest BCUT2D eigenvalue weighted by Crippen LogP contribution is -2.15. The fourth-order valence-electron chi connectivity index (χ4n) is 1.46. The van der Waals surface area contributed by atoms with Crippen LogP contribution in [0.25, 0.3) is 0 Å². The lowest BCUT2D eigenvalue weighted by Gasteiger charge is -2.13. The second-order valence-electron chi connectivity index (χ2n) is 4.16. The summed E-state index contributed by atoms with van der Waals surface area (Å²) < 4.78 is 5.39. The maximum absolute atomic E-state index is 9.80. The van der Waals surface area contributed by atoms with Crippen LogP contribution >= 0.6 is 11.6 Å². The van der Waals surface area contributed by atoms with Gasteiger partial charge in [-0.15, -0.1) is 0 Å². The van der Waals surface area contributed by atoms with Crippen LogP contribution in [0.4, 0.5) is 0 Å². The van der Waals surface area contributed by atoms with Crippen molar-refractivity contribution in [2.24, 2.45) is 0 Å². The standard InChI is InChI=1S/C13H19ClO2/c1-10(2)16-8-7-12(15)9-11-5-3-4-6-13(11)14/h3-6,10,12,15H,7-9H2,1-2H3. The molecule has 0 saturated heterocycles. The van der Waals surface area contributed by atoms with Gasteiger partial charge in [0.2, 0.25) is 0 Å². The van der Waals surface area contributed by atoms with Gasteiger partial charge in [0.25, 0.3) is 0 Å². The molecular weight excluding hydrogens is 224 g/mol. The van der Waals surface area contributed by atoms with Gasteiger partial charge in [0.05, 0.1) is 12.2 Å². The van der Waals surface area contributed by atoms with Crippen molar-refractivity contribution in [2.75, 3.05) is 6.61 Å². The molecule has 1 aromatic rings. The van der Waals surface area contributed by atoms with Gasteiger partial charge in [-0.2, -0.15) is 0 Å². The molecule has 0 aliphatic carbocycles. The Balaban J connectivity index is 2.34. The van der Waals surface area contributed by atoms with Crippen molar-refractivity contribution in [2.45, 2.75) is 38.9 Å². The molecule has 0 aliphatic heterocycles. The Morgan fingerprint density at radius 2 is 2.00 bits per heavy atom. The minimum absolute atomic E-state index is 0.215. The monoisotopic (exact) mass is 242 g/mol. The van der Waals surface area contributed by atoms with Gasteiger partial charge in [0.15, 0.2) is 0 Å². The van der Waals surface area contributed by atoms with E-state index in [0.29, 0.717) is 24.5 Å². The van der Waals surface area contributed by atoms with E-state index < -0.39 is 6.10 Å². The number of hydrogen-bond donors (Lipinski definition) is 1. The Kier molecular flexibility index (Phi) is 5.81. The molecule has 1 rings (SSSR count). The number of hydrogen-bond acceptors (Lipinski definition) is 2. The molecule has 90 valence electrons. The largest absolute Gasteiger partial charge is 0.393 e. The van der Waals surface area contributed by atoms with Crippen LogP contribution in [0, 0.1) is 0 Å². The molecule has 1 unspecified atom stereocenters. The molecule has 0 bridgehead atoms. The second kappa shape index (κ2) is 6.89. The van der Waals surface area contributed by atoms with Gasteiger partial charge in [-0.1, -0.05) is 29.8 Å². The average Bonchev–Trinajstić information content (AvgIpc) is 2.21. The predicted octanol–water partition coefficient (Wildman–Crippen LogP) is 3.06. The van der Waals surface area contributed by atoms with Gasteiger partial charge in [-0.25, -0.2) is 0 Å². The van der Waals surface area contributed by atoms with Crippen molar-refractivity contribution in [1.29, 1.82) is 0 Å². The van der Waals surface area contributed by atoms with E-state index in [0.717, 1.165) is 5.56 Å². The fourth-order valence-corrected chi connectivity index (χ4v) is 1.67. The molecule has 1 aromatic carbocycles. The first-order valence-electron chi connectivity index (χ1n) is 5.62. The number of aliphatic hydroxyl groups excluding tert-OH is 1. The number of aliphatic hydroxyl groups is 1. The van der Waals surface area contributed by atoms with Gasteiger partial charge in [0, 0.05) is 11.6 Å². The summed E-state index contributed by atoms with van der Waals surface area (Å²) in [7, 11) is 0. The molecule has 0 aliphatic rings. The molecule has 1 atom stereocenters. The van der Waals surface area contributed by atoms with Crippen molar-refractivity contribution in [3.63, 3.8) is 0 Å². The van der Waals surface area contributed by atoms with Crippen LogP contribution in [0.1, 0.15) is 25.8 Å². The first kappa shape index (κ1) is 13.5. The highest BCUT2D eigenvalue weighted by molar-refractivity contribution is 6.31. The third-order valence-electron chi connectivity index (χ3n) is 2.32. The minimum Gasteiger partial charge on any atom is -0.393 e. The predicted molar refractivity (Wildman–Crippen MR) is 66.9 cm³/mol. The van der Waals surface area contributed by atoms with Crippen LogP contribution in [0.3, 0.4) is 0 Å². The Bertz CT molecular complexity index is 313. The second-order valence-corrected chi connectivity index (χ2v) is 4.56. The lowest BCUT2D eigenvalue weighted by atomic mass is 10.1. The van der Waals surface area contributed by atoms with E-state index in [1.807, 2.05) is 38.1 Å². The van der Waals surface area contributed by atoms with E-state index in [4.69, 9.17) is 16.3 Å². The van der Waals surface area contributed by atoms with Crippen molar-refractivity contribution in [3.8, 4) is 0 Å². The molecule has 1 N–H and O–H groups in total. The zero-order valence-corrected chi connectivity index (χ0v) is 10.6. The summed E-state index contributed by atoms with van der Waals surface area (Å²) in [6, 6.07) is 7.60. The molecule has 0 radical (unpaired) electrons. The highest BCUT2D eigenvalue weighted by atomic mass is 35.5. The van der Waals surface area contributed by atoms with Gasteiger partial charge >= 0.3 is 0 Å². The molecular formula is C13H19ClO2. The first-order chi connectivity index (χ1) is 7.59. The maximum atomic E-state index is 9.80. The van der Waals surface area contributed by atoms with E-state index in [2.05, 4.69) is 0 Å². The molecule has 0 saturated carbocycles. The average molecular weight is 243 g/mol. The highest BCUT2D eigenvalue weighted by Crippen LogP contribution is 2.17. The van der Waals surface area contributed by atoms with Crippen LogP contribution in [0.5, 0.6) is 0 Å². The minimum atomic E-state index is -0.390. The summed E-state index contributed by atoms with van der Waals surface area (Å²) >= 11 is 6.01. The lowest BCUT2D eigenvalue weighted by molar-refractivity contribution is 0.0470. The summed E-state index contributed by atoms with van der Waals surface area (Å²) in [5, 5.41) is 10.5. The van der Waals surface area contributed by atoms with Gasteiger partial charge in [0.1, 0.15) is 0 Å². The van der Waals surface area contributed by atoms with Crippen LogP contribution in [-0.4, -0.2) is 23.9 Å². The van der Waals surface area contributed by atoms with Gasteiger partial charge in [-0.05, 0) is 38.3 Å². The zero-order chi connectivity index (χ0) is 12.0. The summed E-state index contributed by atoms with van der Waals surface area (Å²) in [6.45, 7) is 4.56. The molecule has 0 aromatic heterocycles. The van der Waals surface area contributed by atoms with E-state index >= 15 is 0 Å². The number of halogens is 1. The molecule has 0 fully saturated rings. The quantitative estimate of drug-likeness (QED) is 0.831. The van der Waals surface area contributed by atoms with E-state index in [1.165, 1.54) is 0 Å². The van der Waals surface area contributed by atoms with Gasteiger partial charge in [-0.3, -0.25) is 0 Å². The van der Waals surface area contributed by atoms with Crippen LogP contribution in [0.2, 0.25) is 5.02 Å². The van der Waals surface area contributed by atoms with E-state index in [9.17, 15) is 5.11 Å². The highest BCUT2D eigenvalue weighted by Gasteiger charge is 2.08. The summed E-state index contributed by atoms with van der Waals surface area (Å²) in [6.07, 6.45) is 1.05. The van der Waals surface area contributed by atoms with Crippen molar-refractivity contribution in [3.05, 3.63) is 34.9 Å². The number of rotatable bonds is 6. The Labute approximate surface area is 102 Å². The molecule has 16 heavy (non-hydrogen) atoms. The van der Waals surface area contributed by atoms with Crippen LogP contribution < -0.4 is 0 Å². The summed E-state index contributed by atoms with van der Waals surface area (Å²) in [5.74, 6) is 0. The normalized spacial score (nSPS) is 13.1. The Hall–Kier alpha value is -0.570. The smallest absolute Gasteiger partial charge is 0.0603 e. The zero-order valence-electron chi connectivity index (χ0n) is 9.82. The SMILES string of the molecule is CC(C)OCCC(O)Cc1ccccc1Cl. The van der Waals surface area contributed by atoms with Crippen molar-refractivity contribution >= 4 is 11.6 Å². The van der Waals surface area contributed by atoms with Crippen LogP contribution in [0.15, 0.2) is 24.3 Å². The summed E-state index contributed by atoms with van der Waals surface area (Å²) in [5.41, 5.74) is 0.987. The first-order valence-corrected chi connectivity index (χ1v) is 6.00. The Morgan fingerprint density at radius 3 is 2.62 bits per heavy atom. The molecule has 0 amide bonds. The maximum Gasteiger partial charge on any atom is 0.0603 e. The van der Waals surface area contributed by atoms with E-state index in [-0.39, 0.29) is 6.10 Å². The van der Waals surface area contributed by atoms with Gasteiger partial charge < -0.3 is 9.84 Å². The number of ether oxygens (including phenoxy) is 1. The molecule has 3 heteroatoms.